The van der Waals surface area contributed by atoms with Gasteiger partial charge in [0.25, 0.3) is 5.89 Å². The van der Waals surface area contributed by atoms with Crippen molar-refractivity contribution in [2.75, 3.05) is 6.61 Å². The normalized spacial score (nSPS) is 12.8. The first kappa shape index (κ1) is 14.9. The minimum Gasteiger partial charge on any atom is -0.493 e. The zero-order chi connectivity index (χ0) is 17.5. The lowest BCUT2D eigenvalue weighted by atomic mass is 10.1. The monoisotopic (exact) mass is 344 g/mol. The summed E-state index contributed by atoms with van der Waals surface area (Å²) in [7, 11) is 0. The summed E-state index contributed by atoms with van der Waals surface area (Å²) in [4.78, 5) is 4.57. The summed E-state index contributed by atoms with van der Waals surface area (Å²) in [5.74, 6) is 1.98. The Labute approximate surface area is 150 Å². The molecule has 0 fully saturated rings. The van der Waals surface area contributed by atoms with Gasteiger partial charge in [-0.3, -0.25) is 0 Å². The van der Waals surface area contributed by atoms with Crippen molar-refractivity contribution >= 4 is 0 Å². The van der Waals surface area contributed by atoms with E-state index in [1.807, 2.05) is 60.3 Å². The molecule has 0 atom stereocenters. The quantitative estimate of drug-likeness (QED) is 0.565. The smallest absolute Gasteiger partial charge is 0.261 e. The van der Waals surface area contributed by atoms with Crippen LogP contribution in [0.15, 0.2) is 59.3 Å². The van der Waals surface area contributed by atoms with Gasteiger partial charge < -0.3 is 9.26 Å². The molecule has 26 heavy (non-hydrogen) atoms. The van der Waals surface area contributed by atoms with E-state index >= 15 is 0 Å². The summed E-state index contributed by atoms with van der Waals surface area (Å²) in [5, 5.41) is 8.71. The van der Waals surface area contributed by atoms with E-state index in [1.54, 1.807) is 0 Å². The number of hydrogen-bond acceptors (Lipinski definition) is 5. The molecule has 3 heterocycles. The number of aryl methyl sites for hydroxylation is 1. The largest absolute Gasteiger partial charge is 0.493 e. The number of nitrogens with zero attached hydrogens (tertiary/aromatic N) is 4. The lowest BCUT2D eigenvalue weighted by Crippen LogP contribution is -1.93. The minimum absolute atomic E-state index is 0.469. The first-order valence-corrected chi connectivity index (χ1v) is 8.50. The van der Waals surface area contributed by atoms with E-state index in [-0.39, 0.29) is 0 Å². The second kappa shape index (κ2) is 5.84. The molecular weight excluding hydrogens is 328 g/mol. The van der Waals surface area contributed by atoms with Crippen LogP contribution in [0.4, 0.5) is 0 Å². The molecule has 0 aliphatic carbocycles. The maximum absolute atomic E-state index is 5.55. The number of fused-ring (bicyclic) bond motifs is 1. The summed E-state index contributed by atoms with van der Waals surface area (Å²) < 4.78 is 12.9. The molecule has 1 aliphatic rings. The van der Waals surface area contributed by atoms with Crippen LogP contribution in [0, 0.1) is 6.92 Å². The van der Waals surface area contributed by atoms with E-state index in [1.165, 1.54) is 5.56 Å². The molecule has 0 saturated carbocycles. The molecule has 0 radical (unpaired) electrons. The van der Waals surface area contributed by atoms with E-state index < -0.39 is 0 Å². The topological polar surface area (TPSA) is 66.0 Å². The van der Waals surface area contributed by atoms with Gasteiger partial charge in [-0.05, 0) is 42.8 Å². The zero-order valence-electron chi connectivity index (χ0n) is 14.2. The molecule has 0 amide bonds. The van der Waals surface area contributed by atoms with Crippen molar-refractivity contribution in [2.24, 2.45) is 0 Å². The van der Waals surface area contributed by atoms with Crippen molar-refractivity contribution in [3.8, 4) is 34.3 Å². The molecule has 2 aromatic heterocycles. The molecule has 0 spiro atoms. The van der Waals surface area contributed by atoms with Gasteiger partial charge in [0.1, 0.15) is 5.75 Å². The first-order chi connectivity index (χ1) is 12.8. The van der Waals surface area contributed by atoms with Gasteiger partial charge >= 0.3 is 0 Å². The zero-order valence-corrected chi connectivity index (χ0v) is 14.2. The number of para-hydroxylation sites is 1. The third-order valence-electron chi connectivity index (χ3n) is 4.52. The fourth-order valence-corrected chi connectivity index (χ4v) is 3.16. The van der Waals surface area contributed by atoms with Crippen LogP contribution >= 0.6 is 0 Å². The Morgan fingerprint density at radius 1 is 1.08 bits per heavy atom. The Balaban J connectivity index is 1.50. The highest BCUT2D eigenvalue weighted by molar-refractivity contribution is 5.63. The van der Waals surface area contributed by atoms with Crippen LogP contribution in [0.1, 0.15) is 11.3 Å². The van der Waals surface area contributed by atoms with E-state index in [9.17, 15) is 0 Å². The number of aromatic nitrogens is 4. The van der Waals surface area contributed by atoms with E-state index in [4.69, 9.17) is 9.26 Å². The van der Waals surface area contributed by atoms with Crippen molar-refractivity contribution in [1.29, 1.82) is 0 Å². The Bertz CT molecular complexity index is 1080. The van der Waals surface area contributed by atoms with Gasteiger partial charge in [-0.1, -0.05) is 23.4 Å². The van der Waals surface area contributed by atoms with Crippen molar-refractivity contribution < 1.29 is 9.26 Å². The third kappa shape index (κ3) is 2.47. The molecule has 0 unspecified atom stereocenters. The highest BCUT2D eigenvalue weighted by Crippen LogP contribution is 2.31. The molecular formula is C20H16N4O2. The lowest BCUT2D eigenvalue weighted by Gasteiger charge is -1.99. The van der Waals surface area contributed by atoms with Crippen LogP contribution in [0.2, 0.25) is 0 Å². The molecule has 1 aliphatic heterocycles. The van der Waals surface area contributed by atoms with Crippen molar-refractivity contribution in [3.63, 3.8) is 0 Å². The fraction of sp³-hybridized carbons (Fsp3) is 0.150. The maximum atomic E-state index is 5.55. The van der Waals surface area contributed by atoms with Crippen molar-refractivity contribution in [2.45, 2.75) is 13.3 Å². The molecule has 5 rings (SSSR count). The minimum atomic E-state index is 0.469. The molecule has 4 aromatic rings. The SMILES string of the molecule is Cc1nn(-c2ccccc2)cc1-c1nc(-c2ccc3c(c2)CCO3)no1. The second-order valence-corrected chi connectivity index (χ2v) is 6.25. The molecule has 0 bridgehead atoms. The van der Waals surface area contributed by atoms with Gasteiger partial charge in [0, 0.05) is 18.2 Å². The molecule has 0 saturated heterocycles. The summed E-state index contributed by atoms with van der Waals surface area (Å²) in [6.07, 6.45) is 2.83. The predicted molar refractivity (Wildman–Crippen MR) is 96.2 cm³/mol. The van der Waals surface area contributed by atoms with Crippen LogP contribution in [-0.4, -0.2) is 26.5 Å². The highest BCUT2D eigenvalue weighted by atomic mass is 16.5. The third-order valence-corrected chi connectivity index (χ3v) is 4.52. The van der Waals surface area contributed by atoms with Gasteiger partial charge in [-0.2, -0.15) is 10.1 Å². The van der Waals surface area contributed by atoms with E-state index in [0.29, 0.717) is 11.7 Å². The fourth-order valence-electron chi connectivity index (χ4n) is 3.16. The Morgan fingerprint density at radius 2 is 1.96 bits per heavy atom. The van der Waals surface area contributed by atoms with Gasteiger partial charge in [0.2, 0.25) is 5.82 Å². The molecule has 6 nitrogen and oxygen atoms in total. The Morgan fingerprint density at radius 3 is 2.85 bits per heavy atom. The predicted octanol–water partition coefficient (Wildman–Crippen LogP) is 3.83. The van der Waals surface area contributed by atoms with Crippen LogP contribution in [0.5, 0.6) is 5.75 Å². The first-order valence-electron chi connectivity index (χ1n) is 8.50. The van der Waals surface area contributed by atoms with Crippen LogP contribution in [0.3, 0.4) is 0 Å². The van der Waals surface area contributed by atoms with Gasteiger partial charge in [0.15, 0.2) is 0 Å². The average molecular weight is 344 g/mol. The van der Waals surface area contributed by atoms with Crippen molar-refractivity contribution in [3.05, 3.63) is 66.0 Å². The summed E-state index contributed by atoms with van der Waals surface area (Å²) in [6.45, 7) is 2.67. The molecule has 128 valence electrons. The van der Waals surface area contributed by atoms with Gasteiger partial charge in [-0.25, -0.2) is 4.68 Å². The average Bonchev–Trinajstić information content (AvgIpc) is 3.40. The number of ether oxygens (including phenoxy) is 1. The van der Waals surface area contributed by atoms with Crippen LogP contribution in [-0.2, 0) is 6.42 Å². The number of hydrogen-bond donors (Lipinski definition) is 0. The number of rotatable bonds is 3. The molecule has 2 aromatic carbocycles. The van der Waals surface area contributed by atoms with E-state index in [0.717, 1.165) is 41.3 Å². The van der Waals surface area contributed by atoms with Crippen LogP contribution < -0.4 is 4.74 Å². The van der Waals surface area contributed by atoms with Crippen molar-refractivity contribution in [1.82, 2.24) is 19.9 Å². The van der Waals surface area contributed by atoms with Gasteiger partial charge in [-0.15, -0.1) is 0 Å². The summed E-state index contributed by atoms with van der Waals surface area (Å²) >= 11 is 0. The molecule has 0 N–H and O–H groups in total. The maximum Gasteiger partial charge on any atom is 0.261 e. The highest BCUT2D eigenvalue weighted by Gasteiger charge is 2.18. The molecule has 6 heteroatoms. The van der Waals surface area contributed by atoms with E-state index in [2.05, 4.69) is 21.3 Å². The summed E-state index contributed by atoms with van der Waals surface area (Å²) in [5.41, 5.74) is 4.77. The Kier molecular flexibility index (Phi) is 3.35. The second-order valence-electron chi connectivity index (χ2n) is 6.25. The lowest BCUT2D eigenvalue weighted by molar-refractivity contribution is 0.357. The summed E-state index contributed by atoms with van der Waals surface area (Å²) in [6, 6.07) is 15.9. The number of benzene rings is 2. The standard InChI is InChI=1S/C20H16N4O2/c1-13-17(12-24(22-13)16-5-3-2-4-6-16)20-21-19(23-26-20)15-7-8-18-14(11-15)9-10-25-18/h2-8,11-12H,9-10H2,1H3. The Hall–Kier alpha value is -3.41. The van der Waals surface area contributed by atoms with Gasteiger partial charge in [0.05, 0.1) is 23.6 Å². The van der Waals surface area contributed by atoms with Crippen LogP contribution in [0.25, 0.3) is 28.5 Å².